The highest BCUT2D eigenvalue weighted by Crippen LogP contribution is 2.34. The summed E-state index contributed by atoms with van der Waals surface area (Å²) in [5.74, 6) is 0. The van der Waals surface area contributed by atoms with Crippen LogP contribution in [-0.2, 0) is 12.5 Å². The van der Waals surface area contributed by atoms with Crippen LogP contribution in [0.2, 0.25) is 0 Å². The molecule has 4 nitrogen and oxygen atoms in total. The average Bonchev–Trinajstić information content (AvgIpc) is 2.58. The van der Waals surface area contributed by atoms with Crippen molar-refractivity contribution < 1.29 is 0 Å². The first-order valence-electron chi connectivity index (χ1n) is 7.30. The van der Waals surface area contributed by atoms with Gasteiger partial charge in [0.2, 0.25) is 0 Å². The summed E-state index contributed by atoms with van der Waals surface area (Å²) in [5, 5.41) is 4.67. The molecular formula is C15H28N4. The molecular weight excluding hydrogens is 236 g/mol. The Morgan fingerprint density at radius 1 is 1.47 bits per heavy atom. The zero-order chi connectivity index (χ0) is 14.2. The number of likely N-dealkylation sites (N-methyl/N-ethyl adjacent to an activating group) is 1. The van der Waals surface area contributed by atoms with Gasteiger partial charge >= 0.3 is 0 Å². The first kappa shape index (κ1) is 14.5. The van der Waals surface area contributed by atoms with Crippen molar-refractivity contribution in [3.8, 4) is 0 Å². The summed E-state index contributed by atoms with van der Waals surface area (Å²) >= 11 is 0. The van der Waals surface area contributed by atoms with Crippen LogP contribution in [0.3, 0.4) is 0 Å². The smallest absolute Gasteiger partial charge is 0.0726 e. The highest BCUT2D eigenvalue weighted by molar-refractivity contribution is 5.28. The molecule has 108 valence electrons. The van der Waals surface area contributed by atoms with E-state index in [1.807, 2.05) is 11.7 Å². The van der Waals surface area contributed by atoms with Crippen molar-refractivity contribution in [2.24, 2.45) is 12.8 Å². The quantitative estimate of drug-likeness (QED) is 0.907. The molecule has 0 aromatic carbocycles. The van der Waals surface area contributed by atoms with Gasteiger partial charge in [-0.15, -0.1) is 0 Å². The Morgan fingerprint density at radius 2 is 2.11 bits per heavy atom. The molecule has 1 heterocycles. The maximum atomic E-state index is 6.07. The highest BCUT2D eigenvalue weighted by Gasteiger charge is 2.32. The third-order valence-corrected chi connectivity index (χ3v) is 4.29. The lowest BCUT2D eigenvalue weighted by Gasteiger charge is -2.40. The molecule has 1 atom stereocenters. The van der Waals surface area contributed by atoms with Crippen molar-refractivity contribution in [1.29, 1.82) is 0 Å². The molecule has 0 aliphatic heterocycles. The van der Waals surface area contributed by atoms with Crippen LogP contribution in [0, 0.1) is 0 Å². The number of aromatic nitrogens is 2. The van der Waals surface area contributed by atoms with E-state index in [2.05, 4.69) is 44.0 Å². The van der Waals surface area contributed by atoms with Crippen molar-refractivity contribution in [1.82, 2.24) is 14.7 Å². The zero-order valence-electron chi connectivity index (χ0n) is 13.0. The van der Waals surface area contributed by atoms with Crippen LogP contribution in [0.15, 0.2) is 6.20 Å². The van der Waals surface area contributed by atoms with Gasteiger partial charge in [0, 0.05) is 36.8 Å². The van der Waals surface area contributed by atoms with Crippen molar-refractivity contribution in [3.63, 3.8) is 0 Å². The SMILES string of the molecule is CN(C1CCC1)C(CN)c1cn(C)nc1C(C)(C)C. The maximum Gasteiger partial charge on any atom is 0.0726 e. The van der Waals surface area contributed by atoms with Crippen molar-refractivity contribution >= 4 is 0 Å². The number of rotatable bonds is 4. The van der Waals surface area contributed by atoms with Crippen LogP contribution in [-0.4, -0.2) is 34.3 Å². The minimum absolute atomic E-state index is 0.0600. The highest BCUT2D eigenvalue weighted by atomic mass is 15.3. The lowest BCUT2D eigenvalue weighted by molar-refractivity contribution is 0.112. The number of hydrogen-bond donors (Lipinski definition) is 1. The summed E-state index contributed by atoms with van der Waals surface area (Å²) in [6.07, 6.45) is 6.11. The Balaban J connectivity index is 2.32. The van der Waals surface area contributed by atoms with E-state index in [-0.39, 0.29) is 11.5 Å². The fraction of sp³-hybridized carbons (Fsp3) is 0.800. The van der Waals surface area contributed by atoms with Gasteiger partial charge in [-0.2, -0.15) is 5.10 Å². The second kappa shape index (κ2) is 5.25. The molecule has 0 amide bonds. The van der Waals surface area contributed by atoms with Crippen molar-refractivity contribution in [2.75, 3.05) is 13.6 Å². The van der Waals surface area contributed by atoms with Gasteiger partial charge in [-0.05, 0) is 19.9 Å². The third kappa shape index (κ3) is 2.84. The van der Waals surface area contributed by atoms with Gasteiger partial charge < -0.3 is 5.73 Å². The monoisotopic (exact) mass is 264 g/mol. The molecule has 1 aliphatic carbocycles. The topological polar surface area (TPSA) is 47.1 Å². The van der Waals surface area contributed by atoms with Gasteiger partial charge in [-0.3, -0.25) is 9.58 Å². The van der Waals surface area contributed by atoms with E-state index in [1.165, 1.54) is 30.5 Å². The Kier molecular flexibility index (Phi) is 4.02. The largest absolute Gasteiger partial charge is 0.329 e. The maximum absolute atomic E-state index is 6.07. The Hall–Kier alpha value is -0.870. The van der Waals surface area contributed by atoms with Crippen LogP contribution in [0.4, 0.5) is 0 Å². The standard InChI is InChI=1S/C15H28N4/c1-15(2,3)14-12(10-18(4)17-14)13(9-16)19(5)11-7-6-8-11/h10-11,13H,6-9,16H2,1-5H3. The summed E-state index contributed by atoms with van der Waals surface area (Å²) in [6, 6.07) is 0.981. The second-order valence-electron chi connectivity index (χ2n) is 6.86. The summed E-state index contributed by atoms with van der Waals surface area (Å²) in [4.78, 5) is 2.45. The van der Waals surface area contributed by atoms with E-state index < -0.39 is 0 Å². The van der Waals surface area contributed by atoms with Gasteiger partial charge in [0.15, 0.2) is 0 Å². The van der Waals surface area contributed by atoms with E-state index in [9.17, 15) is 0 Å². The molecule has 19 heavy (non-hydrogen) atoms. The van der Waals surface area contributed by atoms with E-state index >= 15 is 0 Å². The fourth-order valence-electron chi connectivity index (χ4n) is 2.89. The van der Waals surface area contributed by atoms with Crippen molar-refractivity contribution in [3.05, 3.63) is 17.5 Å². The van der Waals surface area contributed by atoms with E-state index in [4.69, 9.17) is 5.73 Å². The third-order valence-electron chi connectivity index (χ3n) is 4.29. The molecule has 2 rings (SSSR count). The first-order valence-corrected chi connectivity index (χ1v) is 7.30. The van der Waals surface area contributed by atoms with Gasteiger partial charge in [0.1, 0.15) is 0 Å². The molecule has 1 aromatic heterocycles. The number of nitrogens with zero attached hydrogens (tertiary/aromatic N) is 3. The Morgan fingerprint density at radius 3 is 2.53 bits per heavy atom. The minimum atomic E-state index is 0.0600. The average molecular weight is 264 g/mol. The summed E-state index contributed by atoms with van der Waals surface area (Å²) in [7, 11) is 4.20. The molecule has 2 N–H and O–H groups in total. The predicted molar refractivity (Wildman–Crippen MR) is 79.1 cm³/mol. The van der Waals surface area contributed by atoms with E-state index in [1.54, 1.807) is 0 Å². The molecule has 1 aromatic rings. The van der Waals surface area contributed by atoms with E-state index in [0.29, 0.717) is 12.6 Å². The molecule has 0 spiro atoms. The van der Waals surface area contributed by atoms with Crippen LogP contribution >= 0.6 is 0 Å². The second-order valence-corrected chi connectivity index (χ2v) is 6.86. The molecule has 0 bridgehead atoms. The van der Waals surface area contributed by atoms with Crippen LogP contribution in [0.5, 0.6) is 0 Å². The number of hydrogen-bond acceptors (Lipinski definition) is 3. The molecule has 1 unspecified atom stereocenters. The summed E-state index contributed by atoms with van der Waals surface area (Å²) in [5.41, 5.74) is 8.60. The summed E-state index contributed by atoms with van der Waals surface area (Å²) < 4.78 is 1.92. The molecule has 0 radical (unpaired) electrons. The molecule has 4 heteroatoms. The van der Waals surface area contributed by atoms with Gasteiger partial charge in [0.05, 0.1) is 11.7 Å². The van der Waals surface area contributed by atoms with Crippen molar-refractivity contribution in [2.45, 2.75) is 57.5 Å². The number of nitrogens with two attached hydrogens (primary N) is 1. The molecule has 0 saturated heterocycles. The van der Waals surface area contributed by atoms with Crippen LogP contribution < -0.4 is 5.73 Å². The zero-order valence-corrected chi connectivity index (χ0v) is 13.0. The van der Waals surface area contributed by atoms with Gasteiger partial charge in [-0.25, -0.2) is 0 Å². The first-order chi connectivity index (χ1) is 8.84. The normalized spacial score (nSPS) is 18.7. The Labute approximate surface area is 117 Å². The molecule has 1 fully saturated rings. The fourth-order valence-corrected chi connectivity index (χ4v) is 2.89. The van der Waals surface area contributed by atoms with E-state index in [0.717, 1.165) is 0 Å². The Bertz CT molecular complexity index is 426. The van der Waals surface area contributed by atoms with Crippen LogP contribution in [0.1, 0.15) is 57.3 Å². The lowest BCUT2D eigenvalue weighted by atomic mass is 9.85. The number of aryl methyl sites for hydroxylation is 1. The lowest BCUT2D eigenvalue weighted by Crippen LogP contribution is -2.42. The predicted octanol–water partition coefficient (Wildman–Crippen LogP) is 2.20. The summed E-state index contributed by atoms with van der Waals surface area (Å²) in [6.45, 7) is 7.31. The molecule has 1 saturated carbocycles. The molecule has 1 aliphatic rings. The minimum Gasteiger partial charge on any atom is -0.329 e. The van der Waals surface area contributed by atoms with Crippen LogP contribution in [0.25, 0.3) is 0 Å². The van der Waals surface area contributed by atoms with Gasteiger partial charge in [-0.1, -0.05) is 27.2 Å². The van der Waals surface area contributed by atoms with Gasteiger partial charge in [0.25, 0.3) is 0 Å².